The number of nitriles is 1. The molecular formula is C28H34N8. The molecule has 0 aliphatic carbocycles. The fraction of sp³-hybridized carbons (Fsp3) is 0.286. The maximum Gasteiger partial charge on any atom is 0.149 e. The molecule has 4 aromatic rings. The van der Waals surface area contributed by atoms with Crippen LogP contribution in [0, 0.1) is 11.3 Å². The average molecular weight is 483 g/mol. The number of aryl methyl sites for hydroxylation is 1. The first-order chi connectivity index (χ1) is 17.6. The first-order valence-corrected chi connectivity index (χ1v) is 12.1. The first-order valence-electron chi connectivity index (χ1n) is 12.1. The molecule has 3 heterocycles. The average Bonchev–Trinajstić information content (AvgIpc) is 3.38. The third-order valence-electron chi connectivity index (χ3n) is 5.55. The molecule has 1 atom stereocenters. The molecule has 8 nitrogen and oxygen atoms in total. The number of hydrogen-bond acceptors (Lipinski definition) is 7. The number of nitrogens with one attached hydrogen (secondary N) is 3. The summed E-state index contributed by atoms with van der Waals surface area (Å²) in [7, 11) is 3.78. The van der Waals surface area contributed by atoms with Crippen molar-refractivity contribution in [3.63, 3.8) is 0 Å². The normalized spacial score (nSPS) is 11.1. The summed E-state index contributed by atoms with van der Waals surface area (Å²) in [5, 5.41) is 23.2. The van der Waals surface area contributed by atoms with Crippen LogP contribution in [0.2, 0.25) is 0 Å². The molecule has 0 spiro atoms. The SMILES string of the molecule is CNc1ncc(-c2cnn(C)c2)cc1NCCCNCC(C)c1ccc(C#N)cn1.c1ccccc1. The molecule has 186 valence electrons. The Morgan fingerprint density at radius 1 is 0.972 bits per heavy atom. The highest BCUT2D eigenvalue weighted by atomic mass is 15.2. The highest BCUT2D eigenvalue weighted by Crippen LogP contribution is 2.26. The quantitative estimate of drug-likeness (QED) is 0.282. The van der Waals surface area contributed by atoms with E-state index >= 15 is 0 Å². The van der Waals surface area contributed by atoms with Gasteiger partial charge in [-0.3, -0.25) is 9.67 Å². The van der Waals surface area contributed by atoms with Gasteiger partial charge in [0.15, 0.2) is 0 Å². The van der Waals surface area contributed by atoms with Gasteiger partial charge in [0.05, 0.1) is 17.4 Å². The van der Waals surface area contributed by atoms with Crippen LogP contribution in [0.25, 0.3) is 11.1 Å². The topological polar surface area (TPSA) is 103 Å². The van der Waals surface area contributed by atoms with E-state index in [-0.39, 0.29) is 0 Å². The van der Waals surface area contributed by atoms with Crippen LogP contribution < -0.4 is 16.0 Å². The Morgan fingerprint density at radius 3 is 2.31 bits per heavy atom. The molecule has 0 fully saturated rings. The van der Waals surface area contributed by atoms with Gasteiger partial charge < -0.3 is 16.0 Å². The number of rotatable bonds is 10. The molecule has 0 radical (unpaired) electrons. The molecule has 3 aromatic heterocycles. The van der Waals surface area contributed by atoms with Gasteiger partial charge in [0.1, 0.15) is 11.9 Å². The molecule has 1 unspecified atom stereocenters. The highest BCUT2D eigenvalue weighted by molar-refractivity contribution is 5.73. The Kier molecular flexibility index (Phi) is 10.4. The van der Waals surface area contributed by atoms with Crippen molar-refractivity contribution in [3.05, 3.63) is 90.6 Å². The van der Waals surface area contributed by atoms with Gasteiger partial charge in [-0.15, -0.1) is 0 Å². The van der Waals surface area contributed by atoms with Crippen LogP contribution in [-0.2, 0) is 7.05 Å². The van der Waals surface area contributed by atoms with Gasteiger partial charge in [0.25, 0.3) is 0 Å². The van der Waals surface area contributed by atoms with Crippen LogP contribution in [0.4, 0.5) is 11.5 Å². The Morgan fingerprint density at radius 2 is 1.72 bits per heavy atom. The van der Waals surface area contributed by atoms with Gasteiger partial charge in [-0.2, -0.15) is 10.4 Å². The van der Waals surface area contributed by atoms with Crippen LogP contribution >= 0.6 is 0 Å². The third kappa shape index (κ3) is 8.22. The van der Waals surface area contributed by atoms with Gasteiger partial charge >= 0.3 is 0 Å². The second-order valence-electron chi connectivity index (χ2n) is 8.40. The molecule has 3 N–H and O–H groups in total. The molecule has 8 heteroatoms. The fourth-order valence-electron chi connectivity index (χ4n) is 3.53. The van der Waals surface area contributed by atoms with Crippen molar-refractivity contribution in [2.45, 2.75) is 19.3 Å². The predicted octanol–water partition coefficient (Wildman–Crippen LogP) is 4.67. The number of anilines is 2. The van der Waals surface area contributed by atoms with E-state index in [1.807, 2.05) is 81.2 Å². The maximum atomic E-state index is 8.86. The summed E-state index contributed by atoms with van der Waals surface area (Å²) < 4.78 is 1.79. The van der Waals surface area contributed by atoms with Crippen LogP contribution in [-0.4, -0.2) is 46.4 Å². The molecule has 1 aromatic carbocycles. The minimum Gasteiger partial charge on any atom is -0.382 e. The molecule has 0 aliphatic rings. The second-order valence-corrected chi connectivity index (χ2v) is 8.40. The number of pyridine rings is 2. The Bertz CT molecular complexity index is 1190. The Hall–Kier alpha value is -4.22. The van der Waals surface area contributed by atoms with Crippen molar-refractivity contribution >= 4 is 11.5 Å². The van der Waals surface area contributed by atoms with E-state index in [2.05, 4.69) is 50.1 Å². The molecule has 4 rings (SSSR count). The van der Waals surface area contributed by atoms with E-state index in [1.165, 1.54) is 0 Å². The minimum atomic E-state index is 0.293. The van der Waals surface area contributed by atoms with Crippen molar-refractivity contribution in [2.24, 2.45) is 7.05 Å². The number of benzene rings is 1. The fourth-order valence-corrected chi connectivity index (χ4v) is 3.53. The van der Waals surface area contributed by atoms with Crippen molar-refractivity contribution < 1.29 is 0 Å². The van der Waals surface area contributed by atoms with Crippen LogP contribution in [0.1, 0.15) is 30.5 Å². The van der Waals surface area contributed by atoms with Crippen LogP contribution in [0.5, 0.6) is 0 Å². The van der Waals surface area contributed by atoms with Crippen molar-refractivity contribution in [1.82, 2.24) is 25.1 Å². The van der Waals surface area contributed by atoms with Gasteiger partial charge in [-0.05, 0) is 31.2 Å². The minimum absolute atomic E-state index is 0.293. The number of aromatic nitrogens is 4. The number of hydrogen-bond donors (Lipinski definition) is 3. The summed E-state index contributed by atoms with van der Waals surface area (Å²) in [4.78, 5) is 8.88. The molecule has 0 aliphatic heterocycles. The maximum absolute atomic E-state index is 8.86. The lowest BCUT2D eigenvalue weighted by Gasteiger charge is -2.14. The lowest BCUT2D eigenvalue weighted by Crippen LogP contribution is -2.23. The summed E-state index contributed by atoms with van der Waals surface area (Å²) in [6.45, 7) is 4.72. The lowest BCUT2D eigenvalue weighted by molar-refractivity contribution is 0.594. The van der Waals surface area contributed by atoms with Gasteiger partial charge in [0.2, 0.25) is 0 Å². The molecular weight excluding hydrogens is 448 g/mol. The van der Waals surface area contributed by atoms with Gasteiger partial charge in [0, 0.05) is 68.5 Å². The summed E-state index contributed by atoms with van der Waals surface area (Å²) >= 11 is 0. The summed E-state index contributed by atoms with van der Waals surface area (Å²) in [5.41, 5.74) is 4.65. The highest BCUT2D eigenvalue weighted by Gasteiger charge is 2.08. The largest absolute Gasteiger partial charge is 0.382 e. The summed E-state index contributed by atoms with van der Waals surface area (Å²) in [5.74, 6) is 1.12. The van der Waals surface area contributed by atoms with E-state index in [0.29, 0.717) is 11.5 Å². The van der Waals surface area contributed by atoms with E-state index in [9.17, 15) is 0 Å². The van der Waals surface area contributed by atoms with Gasteiger partial charge in [-0.1, -0.05) is 43.3 Å². The van der Waals surface area contributed by atoms with E-state index in [0.717, 1.165) is 54.4 Å². The zero-order valence-electron chi connectivity index (χ0n) is 21.1. The molecule has 0 amide bonds. The Labute approximate surface area is 213 Å². The van der Waals surface area contributed by atoms with Crippen LogP contribution in [0.15, 0.2) is 79.4 Å². The monoisotopic (exact) mass is 482 g/mol. The number of nitrogens with zero attached hydrogens (tertiary/aromatic N) is 5. The Balaban J connectivity index is 0.000000526. The lowest BCUT2D eigenvalue weighted by atomic mass is 10.1. The smallest absolute Gasteiger partial charge is 0.149 e. The van der Waals surface area contributed by atoms with E-state index in [4.69, 9.17) is 5.26 Å². The summed E-state index contributed by atoms with van der Waals surface area (Å²) in [6.07, 6.45) is 8.28. The second kappa shape index (κ2) is 14.2. The standard InChI is InChI=1S/C22H28N8.C6H6/c1-16(20-6-5-17(10-23)12-27-20)11-25-7-4-8-26-21-9-18(13-28-22(21)24-2)19-14-29-30(3)15-19;1-2-4-6-5-3-1/h5-6,9,12-16,25-26H,4,7-8,11H2,1-3H3,(H,24,28);1-6H. The predicted molar refractivity (Wildman–Crippen MR) is 146 cm³/mol. The third-order valence-corrected chi connectivity index (χ3v) is 5.55. The zero-order chi connectivity index (χ0) is 25.6. The van der Waals surface area contributed by atoms with Crippen molar-refractivity contribution in [1.29, 1.82) is 5.26 Å². The van der Waals surface area contributed by atoms with E-state index in [1.54, 1.807) is 10.9 Å². The van der Waals surface area contributed by atoms with E-state index < -0.39 is 0 Å². The molecule has 0 saturated heterocycles. The molecule has 36 heavy (non-hydrogen) atoms. The van der Waals surface area contributed by atoms with Crippen molar-refractivity contribution in [2.75, 3.05) is 37.3 Å². The first kappa shape index (κ1) is 26.4. The van der Waals surface area contributed by atoms with Crippen molar-refractivity contribution in [3.8, 4) is 17.2 Å². The van der Waals surface area contributed by atoms with Crippen LogP contribution in [0.3, 0.4) is 0 Å². The summed E-state index contributed by atoms with van der Waals surface area (Å²) in [6, 6.07) is 19.9. The molecule has 0 bridgehead atoms. The molecule has 0 saturated carbocycles. The zero-order valence-corrected chi connectivity index (χ0v) is 21.1. The van der Waals surface area contributed by atoms with Gasteiger partial charge in [-0.25, -0.2) is 4.98 Å².